The van der Waals surface area contributed by atoms with Crippen molar-refractivity contribution in [3.05, 3.63) is 0 Å². The van der Waals surface area contributed by atoms with E-state index in [1.54, 1.807) is 0 Å². The number of carboxylic acid groups (broad SMARTS) is 1. The van der Waals surface area contributed by atoms with Crippen molar-refractivity contribution in [2.75, 3.05) is 13.1 Å². The van der Waals surface area contributed by atoms with E-state index in [0.29, 0.717) is 32.4 Å². The van der Waals surface area contributed by atoms with Crippen molar-refractivity contribution in [1.29, 1.82) is 0 Å². The SMILES string of the molecule is NCCCNC(=O)CCCCC(=O)O. The van der Waals surface area contributed by atoms with Crippen molar-refractivity contribution in [2.24, 2.45) is 5.73 Å². The molecule has 0 unspecified atom stereocenters. The van der Waals surface area contributed by atoms with Crippen molar-refractivity contribution in [1.82, 2.24) is 5.32 Å². The topological polar surface area (TPSA) is 92.4 Å². The van der Waals surface area contributed by atoms with Gasteiger partial charge in [0.1, 0.15) is 0 Å². The quantitative estimate of drug-likeness (QED) is 0.486. The van der Waals surface area contributed by atoms with E-state index in [1.165, 1.54) is 0 Å². The lowest BCUT2D eigenvalue weighted by atomic mass is 10.2. The van der Waals surface area contributed by atoms with Crippen LogP contribution in [-0.4, -0.2) is 30.1 Å². The molecular formula is C9H18N2O3. The summed E-state index contributed by atoms with van der Waals surface area (Å²) in [4.78, 5) is 21.2. The van der Waals surface area contributed by atoms with Crippen LogP contribution < -0.4 is 11.1 Å². The number of carboxylic acids is 1. The monoisotopic (exact) mass is 202 g/mol. The molecule has 0 saturated heterocycles. The van der Waals surface area contributed by atoms with Gasteiger partial charge in [-0.05, 0) is 25.8 Å². The fraction of sp³-hybridized carbons (Fsp3) is 0.778. The van der Waals surface area contributed by atoms with Crippen molar-refractivity contribution in [2.45, 2.75) is 32.1 Å². The number of carbonyl (C=O) groups excluding carboxylic acids is 1. The van der Waals surface area contributed by atoms with Crippen molar-refractivity contribution in [3.8, 4) is 0 Å². The van der Waals surface area contributed by atoms with Crippen LogP contribution in [0, 0.1) is 0 Å². The number of nitrogens with two attached hydrogens (primary N) is 1. The smallest absolute Gasteiger partial charge is 0.303 e. The largest absolute Gasteiger partial charge is 0.481 e. The van der Waals surface area contributed by atoms with E-state index < -0.39 is 5.97 Å². The molecule has 0 radical (unpaired) electrons. The second-order valence-electron chi connectivity index (χ2n) is 3.09. The highest BCUT2D eigenvalue weighted by atomic mass is 16.4. The lowest BCUT2D eigenvalue weighted by Gasteiger charge is -2.02. The lowest BCUT2D eigenvalue weighted by Crippen LogP contribution is -2.25. The fourth-order valence-corrected chi connectivity index (χ4v) is 0.980. The maximum absolute atomic E-state index is 11.1. The van der Waals surface area contributed by atoms with Crippen LogP contribution in [-0.2, 0) is 9.59 Å². The first kappa shape index (κ1) is 12.9. The van der Waals surface area contributed by atoms with Crippen LogP contribution in [0.3, 0.4) is 0 Å². The average molecular weight is 202 g/mol. The van der Waals surface area contributed by atoms with Gasteiger partial charge in [-0.2, -0.15) is 0 Å². The van der Waals surface area contributed by atoms with E-state index in [-0.39, 0.29) is 12.3 Å². The molecular weight excluding hydrogens is 184 g/mol. The second-order valence-corrected chi connectivity index (χ2v) is 3.09. The van der Waals surface area contributed by atoms with Crippen LogP contribution >= 0.6 is 0 Å². The summed E-state index contributed by atoms with van der Waals surface area (Å²) in [6.45, 7) is 1.17. The molecule has 82 valence electrons. The highest BCUT2D eigenvalue weighted by molar-refractivity contribution is 5.75. The third kappa shape index (κ3) is 8.99. The van der Waals surface area contributed by atoms with Gasteiger partial charge in [0.05, 0.1) is 0 Å². The van der Waals surface area contributed by atoms with Crippen LogP contribution in [0.15, 0.2) is 0 Å². The maximum Gasteiger partial charge on any atom is 0.303 e. The van der Waals surface area contributed by atoms with Crippen molar-refractivity contribution < 1.29 is 14.7 Å². The Bertz CT molecular complexity index is 183. The Hall–Kier alpha value is -1.10. The Kier molecular flexibility index (Phi) is 7.83. The zero-order chi connectivity index (χ0) is 10.8. The Morgan fingerprint density at radius 2 is 1.79 bits per heavy atom. The predicted octanol–water partition coefficient (Wildman–Crippen LogP) is 0.0964. The first-order valence-electron chi connectivity index (χ1n) is 4.85. The lowest BCUT2D eigenvalue weighted by molar-refractivity contribution is -0.137. The molecule has 0 aliphatic heterocycles. The molecule has 0 aliphatic carbocycles. The fourth-order valence-electron chi connectivity index (χ4n) is 0.980. The van der Waals surface area contributed by atoms with E-state index in [9.17, 15) is 9.59 Å². The van der Waals surface area contributed by atoms with Crippen LogP contribution in [0.1, 0.15) is 32.1 Å². The van der Waals surface area contributed by atoms with Crippen molar-refractivity contribution in [3.63, 3.8) is 0 Å². The number of nitrogens with one attached hydrogen (secondary N) is 1. The van der Waals surface area contributed by atoms with E-state index in [4.69, 9.17) is 10.8 Å². The molecule has 0 heterocycles. The third-order valence-electron chi connectivity index (χ3n) is 1.75. The minimum atomic E-state index is -0.812. The molecule has 0 bridgehead atoms. The molecule has 14 heavy (non-hydrogen) atoms. The van der Waals surface area contributed by atoms with E-state index in [0.717, 1.165) is 6.42 Å². The minimum Gasteiger partial charge on any atom is -0.481 e. The number of rotatable bonds is 8. The van der Waals surface area contributed by atoms with Gasteiger partial charge in [0.25, 0.3) is 0 Å². The Morgan fingerprint density at radius 1 is 1.14 bits per heavy atom. The molecule has 0 saturated carbocycles. The van der Waals surface area contributed by atoms with Gasteiger partial charge >= 0.3 is 5.97 Å². The van der Waals surface area contributed by atoms with Crippen LogP contribution in [0.25, 0.3) is 0 Å². The van der Waals surface area contributed by atoms with E-state index in [2.05, 4.69) is 5.32 Å². The molecule has 0 rings (SSSR count). The molecule has 0 aromatic carbocycles. The number of hydrogen-bond donors (Lipinski definition) is 3. The molecule has 0 atom stereocenters. The average Bonchev–Trinajstić information content (AvgIpc) is 2.13. The Morgan fingerprint density at radius 3 is 2.36 bits per heavy atom. The highest BCUT2D eigenvalue weighted by Crippen LogP contribution is 1.99. The molecule has 0 aliphatic rings. The highest BCUT2D eigenvalue weighted by Gasteiger charge is 2.01. The number of unbranched alkanes of at least 4 members (excludes halogenated alkanes) is 1. The summed E-state index contributed by atoms with van der Waals surface area (Å²) in [6, 6.07) is 0. The summed E-state index contributed by atoms with van der Waals surface area (Å²) in [6.07, 6.45) is 2.50. The van der Waals surface area contributed by atoms with Crippen LogP contribution in [0.4, 0.5) is 0 Å². The number of hydrogen-bond acceptors (Lipinski definition) is 3. The van der Waals surface area contributed by atoms with Gasteiger partial charge in [0, 0.05) is 19.4 Å². The van der Waals surface area contributed by atoms with Gasteiger partial charge in [-0.25, -0.2) is 0 Å². The van der Waals surface area contributed by atoms with E-state index >= 15 is 0 Å². The summed E-state index contributed by atoms with van der Waals surface area (Å²) in [5.41, 5.74) is 5.25. The number of aliphatic carboxylic acids is 1. The predicted molar refractivity (Wildman–Crippen MR) is 52.8 cm³/mol. The van der Waals surface area contributed by atoms with Gasteiger partial charge in [-0.15, -0.1) is 0 Å². The zero-order valence-corrected chi connectivity index (χ0v) is 8.29. The Labute approximate surface area is 83.7 Å². The van der Waals surface area contributed by atoms with Crippen LogP contribution in [0.2, 0.25) is 0 Å². The number of carbonyl (C=O) groups is 2. The zero-order valence-electron chi connectivity index (χ0n) is 8.29. The van der Waals surface area contributed by atoms with Gasteiger partial charge in [0.15, 0.2) is 0 Å². The summed E-state index contributed by atoms with van der Waals surface area (Å²) in [7, 11) is 0. The molecule has 0 aromatic rings. The van der Waals surface area contributed by atoms with Gasteiger partial charge in [-0.3, -0.25) is 9.59 Å². The van der Waals surface area contributed by atoms with Gasteiger partial charge in [0.2, 0.25) is 5.91 Å². The number of amides is 1. The molecule has 0 spiro atoms. The molecule has 0 aromatic heterocycles. The Balaban J connectivity index is 3.22. The molecule has 5 nitrogen and oxygen atoms in total. The minimum absolute atomic E-state index is 0.0242. The normalized spacial score (nSPS) is 9.79. The summed E-state index contributed by atoms with van der Waals surface area (Å²) < 4.78 is 0. The molecule has 5 heteroatoms. The first-order chi connectivity index (χ1) is 6.66. The summed E-state index contributed by atoms with van der Waals surface area (Å²) in [5, 5.41) is 11.0. The molecule has 0 fully saturated rings. The van der Waals surface area contributed by atoms with Crippen LogP contribution in [0.5, 0.6) is 0 Å². The van der Waals surface area contributed by atoms with Gasteiger partial charge < -0.3 is 16.2 Å². The first-order valence-corrected chi connectivity index (χ1v) is 4.85. The molecule has 4 N–H and O–H groups in total. The molecule has 1 amide bonds. The van der Waals surface area contributed by atoms with E-state index in [1.807, 2.05) is 0 Å². The summed E-state index contributed by atoms with van der Waals surface area (Å²) in [5.74, 6) is -0.836. The van der Waals surface area contributed by atoms with Gasteiger partial charge in [-0.1, -0.05) is 0 Å². The third-order valence-corrected chi connectivity index (χ3v) is 1.75. The standard InChI is InChI=1S/C9H18N2O3/c10-6-3-7-11-8(12)4-1-2-5-9(13)14/h1-7,10H2,(H,11,12)(H,13,14). The summed E-state index contributed by atoms with van der Waals surface area (Å²) >= 11 is 0. The second kappa shape index (κ2) is 8.50. The maximum atomic E-state index is 11.1. The van der Waals surface area contributed by atoms with Crippen molar-refractivity contribution >= 4 is 11.9 Å².